The zero-order valence-electron chi connectivity index (χ0n) is 11.8. The van der Waals surface area contributed by atoms with E-state index in [0.717, 1.165) is 5.75 Å². The number of rotatable bonds is 6. The Morgan fingerprint density at radius 3 is 2.06 bits per heavy atom. The lowest BCUT2D eigenvalue weighted by Gasteiger charge is -2.22. The minimum atomic E-state index is -1.02. The van der Waals surface area contributed by atoms with Crippen molar-refractivity contribution in [1.29, 1.82) is 0 Å². The van der Waals surface area contributed by atoms with Gasteiger partial charge in [0.1, 0.15) is 11.2 Å². The van der Waals surface area contributed by atoms with Gasteiger partial charge in [0, 0.05) is 16.9 Å². The van der Waals surface area contributed by atoms with Gasteiger partial charge in [0.05, 0.1) is 6.61 Å². The lowest BCUT2D eigenvalue weighted by atomic mass is 9.87. The number of esters is 1. The van der Waals surface area contributed by atoms with Crippen LogP contribution in [0.3, 0.4) is 0 Å². The first-order chi connectivity index (χ1) is 7.61. The molecule has 0 aliphatic carbocycles. The van der Waals surface area contributed by atoms with Crippen LogP contribution in [0.25, 0.3) is 0 Å². The van der Waals surface area contributed by atoms with Crippen molar-refractivity contribution in [3.8, 4) is 0 Å². The minimum absolute atomic E-state index is 0.0484. The smallest absolute Gasteiger partial charge is 0.319 e. The highest BCUT2D eigenvalue weighted by molar-refractivity contribution is 8.00. The Morgan fingerprint density at radius 2 is 1.65 bits per heavy atom. The fraction of sp³-hybridized carbons (Fsp3) is 0.846. The number of hydrogen-bond donors (Lipinski definition) is 0. The second-order valence-electron chi connectivity index (χ2n) is 5.48. The molecule has 0 aromatic rings. The second-order valence-corrected chi connectivity index (χ2v) is 7.40. The summed E-state index contributed by atoms with van der Waals surface area (Å²) in [5.41, 5.74) is -1.02. The average Bonchev–Trinajstić information content (AvgIpc) is 2.15. The third kappa shape index (κ3) is 6.10. The van der Waals surface area contributed by atoms with Gasteiger partial charge >= 0.3 is 5.97 Å². The van der Waals surface area contributed by atoms with E-state index in [1.54, 1.807) is 32.5 Å². The van der Waals surface area contributed by atoms with Crippen LogP contribution in [0.15, 0.2) is 0 Å². The van der Waals surface area contributed by atoms with E-state index in [9.17, 15) is 9.59 Å². The number of carbonyl (C=O) groups excluding carboxylic acids is 2. The Morgan fingerprint density at radius 1 is 1.12 bits per heavy atom. The maximum absolute atomic E-state index is 12.0. The van der Waals surface area contributed by atoms with Crippen LogP contribution in [-0.4, -0.2) is 28.9 Å². The molecule has 0 fully saturated rings. The topological polar surface area (TPSA) is 43.4 Å². The molecule has 0 bridgehead atoms. The Hall–Kier alpha value is -0.510. The third-order valence-electron chi connectivity index (χ3n) is 2.35. The van der Waals surface area contributed by atoms with E-state index in [-0.39, 0.29) is 10.5 Å². The normalized spacial score (nSPS) is 12.4. The molecule has 4 heteroatoms. The number of Topliss-reactive ketones (excluding diaryl/α,β-unsaturated/α-hetero) is 1. The van der Waals surface area contributed by atoms with Crippen molar-refractivity contribution in [2.75, 3.05) is 12.4 Å². The summed E-state index contributed by atoms with van der Waals surface area (Å²) in [6, 6.07) is 0. The van der Waals surface area contributed by atoms with Crippen LogP contribution < -0.4 is 0 Å². The van der Waals surface area contributed by atoms with Crippen LogP contribution in [0.2, 0.25) is 0 Å². The van der Waals surface area contributed by atoms with Crippen LogP contribution in [0.5, 0.6) is 0 Å². The number of ether oxygens (including phenoxy) is 1. The van der Waals surface area contributed by atoms with Gasteiger partial charge in [-0.05, 0) is 20.8 Å². The summed E-state index contributed by atoms with van der Waals surface area (Å²) >= 11 is 1.73. The molecule has 0 amide bonds. The van der Waals surface area contributed by atoms with Gasteiger partial charge in [0.15, 0.2) is 0 Å². The average molecular weight is 260 g/mol. The maximum Gasteiger partial charge on any atom is 0.319 e. The summed E-state index contributed by atoms with van der Waals surface area (Å²) < 4.78 is 5.06. The van der Waals surface area contributed by atoms with Gasteiger partial charge in [-0.3, -0.25) is 9.59 Å². The number of hydrogen-bond acceptors (Lipinski definition) is 4. The molecule has 0 heterocycles. The summed E-state index contributed by atoms with van der Waals surface area (Å²) in [6.45, 7) is 11.7. The van der Waals surface area contributed by atoms with E-state index in [1.165, 1.54) is 0 Å². The van der Waals surface area contributed by atoms with E-state index in [4.69, 9.17) is 4.74 Å². The van der Waals surface area contributed by atoms with Crippen molar-refractivity contribution < 1.29 is 14.3 Å². The van der Waals surface area contributed by atoms with Crippen molar-refractivity contribution in [1.82, 2.24) is 0 Å². The number of ketones is 1. The van der Waals surface area contributed by atoms with Crippen molar-refractivity contribution >= 4 is 23.5 Å². The first-order valence-electron chi connectivity index (χ1n) is 5.95. The zero-order valence-corrected chi connectivity index (χ0v) is 12.6. The predicted molar refractivity (Wildman–Crippen MR) is 72.2 cm³/mol. The van der Waals surface area contributed by atoms with Gasteiger partial charge < -0.3 is 4.74 Å². The molecule has 3 nitrogen and oxygen atoms in total. The molecule has 0 rings (SSSR count). The standard InChI is InChI=1S/C13H24O3S/c1-7-16-11(15)13(5,6)10(14)8-9-17-12(2,3)4/h7-9H2,1-6H3. The maximum atomic E-state index is 12.0. The van der Waals surface area contributed by atoms with E-state index < -0.39 is 11.4 Å². The molecule has 0 aliphatic rings. The first kappa shape index (κ1) is 16.5. The van der Waals surface area contributed by atoms with Crippen molar-refractivity contribution in [3.63, 3.8) is 0 Å². The Bertz CT molecular complexity index is 277. The van der Waals surface area contributed by atoms with Gasteiger partial charge in [0.2, 0.25) is 0 Å². The number of carbonyl (C=O) groups is 2. The quantitative estimate of drug-likeness (QED) is 0.544. The van der Waals surface area contributed by atoms with E-state index in [1.807, 2.05) is 0 Å². The van der Waals surface area contributed by atoms with Crippen molar-refractivity contribution in [2.24, 2.45) is 5.41 Å². The van der Waals surface area contributed by atoms with Crippen LogP contribution in [0.1, 0.15) is 48.0 Å². The molecule has 0 N–H and O–H groups in total. The Balaban J connectivity index is 4.26. The second kappa shape index (κ2) is 6.43. The van der Waals surface area contributed by atoms with Crippen LogP contribution in [0, 0.1) is 5.41 Å². The molecule has 0 aromatic carbocycles. The summed E-state index contributed by atoms with van der Waals surface area (Å²) in [6.07, 6.45) is 0.410. The lowest BCUT2D eigenvalue weighted by molar-refractivity contribution is -0.157. The summed E-state index contributed by atoms with van der Waals surface area (Å²) in [4.78, 5) is 23.6. The predicted octanol–water partition coefficient (Wildman–Crippen LogP) is 3.07. The fourth-order valence-electron chi connectivity index (χ4n) is 1.19. The molecule has 0 aromatic heterocycles. The molecule has 0 spiro atoms. The molecule has 0 radical (unpaired) electrons. The van der Waals surface area contributed by atoms with Crippen LogP contribution in [-0.2, 0) is 14.3 Å². The zero-order chi connectivity index (χ0) is 13.7. The highest BCUT2D eigenvalue weighted by Gasteiger charge is 2.36. The SMILES string of the molecule is CCOC(=O)C(C)(C)C(=O)CCSC(C)(C)C. The summed E-state index contributed by atoms with van der Waals surface area (Å²) in [5.74, 6) is 0.268. The van der Waals surface area contributed by atoms with Gasteiger partial charge in [-0.2, -0.15) is 11.8 Å². The van der Waals surface area contributed by atoms with Gasteiger partial charge in [-0.15, -0.1) is 0 Å². The molecule has 0 saturated heterocycles. The van der Waals surface area contributed by atoms with Crippen molar-refractivity contribution in [2.45, 2.75) is 52.7 Å². The van der Waals surface area contributed by atoms with Crippen LogP contribution in [0.4, 0.5) is 0 Å². The molecule has 17 heavy (non-hydrogen) atoms. The number of thioether (sulfide) groups is 1. The summed E-state index contributed by atoms with van der Waals surface area (Å²) in [7, 11) is 0. The monoisotopic (exact) mass is 260 g/mol. The van der Waals surface area contributed by atoms with Crippen molar-refractivity contribution in [3.05, 3.63) is 0 Å². The van der Waals surface area contributed by atoms with Gasteiger partial charge in [0.25, 0.3) is 0 Å². The largest absolute Gasteiger partial charge is 0.465 e. The molecule has 0 atom stereocenters. The fourth-order valence-corrected chi connectivity index (χ4v) is 2.09. The molecule has 0 saturated carbocycles. The molecule has 100 valence electrons. The highest BCUT2D eigenvalue weighted by Crippen LogP contribution is 2.27. The Kier molecular flexibility index (Phi) is 6.24. The molecule has 0 unspecified atom stereocenters. The van der Waals surface area contributed by atoms with Gasteiger partial charge in [-0.1, -0.05) is 20.8 Å². The minimum Gasteiger partial charge on any atom is -0.465 e. The van der Waals surface area contributed by atoms with E-state index in [2.05, 4.69) is 20.8 Å². The summed E-state index contributed by atoms with van der Waals surface area (Å²) in [5, 5.41) is 0. The van der Waals surface area contributed by atoms with Gasteiger partial charge in [-0.25, -0.2) is 0 Å². The van der Waals surface area contributed by atoms with E-state index >= 15 is 0 Å². The molecule has 0 aliphatic heterocycles. The third-order valence-corrected chi connectivity index (χ3v) is 3.62. The van der Waals surface area contributed by atoms with E-state index in [0.29, 0.717) is 13.0 Å². The Labute approximate surface area is 109 Å². The molecular formula is C13H24O3S. The lowest BCUT2D eigenvalue weighted by Crippen LogP contribution is -2.35. The highest BCUT2D eigenvalue weighted by atomic mass is 32.2. The first-order valence-corrected chi connectivity index (χ1v) is 6.94. The molecular weight excluding hydrogens is 236 g/mol. The van der Waals surface area contributed by atoms with Crippen LogP contribution >= 0.6 is 11.8 Å².